The van der Waals surface area contributed by atoms with Crippen molar-refractivity contribution in [2.45, 2.75) is 38.3 Å². The summed E-state index contributed by atoms with van der Waals surface area (Å²) in [7, 11) is 0. The first-order valence-corrected chi connectivity index (χ1v) is 6.57. The topological polar surface area (TPSA) is 46.3 Å². The van der Waals surface area contributed by atoms with Gasteiger partial charge in [0.05, 0.1) is 6.04 Å². The number of likely N-dealkylation sites (N-methyl/N-ethyl adjacent to an activating group) is 1. The molecule has 3 nitrogen and oxygen atoms in total. The summed E-state index contributed by atoms with van der Waals surface area (Å²) in [6, 6.07) is 0.402. The van der Waals surface area contributed by atoms with E-state index < -0.39 is 35.5 Å². The second kappa shape index (κ2) is 6.66. The van der Waals surface area contributed by atoms with Crippen molar-refractivity contribution in [2.24, 2.45) is 5.73 Å². The summed E-state index contributed by atoms with van der Waals surface area (Å²) in [5.74, 6) is -3.99. The standard InChI is InChI=1S/C14H17F3N2O.ClH/c1-3-19-7(2)8(6-11(18)14(19)20)12-9(15)4-5-10(16)13(12)17;/h4-5,7-8,11H,3,6,18H2,1-2H3;1H/t7-,8-,11+;/m1./s1. The van der Waals surface area contributed by atoms with Crippen LogP contribution in [0.2, 0.25) is 0 Å². The fourth-order valence-corrected chi connectivity index (χ4v) is 2.89. The Kier molecular flexibility index (Phi) is 5.64. The molecule has 1 saturated heterocycles. The number of nitrogens with zero attached hydrogens (tertiary/aromatic N) is 1. The van der Waals surface area contributed by atoms with Crippen LogP contribution in [0.4, 0.5) is 13.2 Å². The van der Waals surface area contributed by atoms with Gasteiger partial charge in [0.15, 0.2) is 11.6 Å². The van der Waals surface area contributed by atoms with Crippen LogP contribution in [0.25, 0.3) is 0 Å². The molecule has 0 unspecified atom stereocenters. The van der Waals surface area contributed by atoms with Gasteiger partial charge in [0, 0.05) is 24.1 Å². The summed E-state index contributed by atoms with van der Waals surface area (Å²) in [6.45, 7) is 3.85. The molecular formula is C14H18ClF3N2O. The molecule has 0 spiro atoms. The fraction of sp³-hybridized carbons (Fsp3) is 0.500. The zero-order valence-electron chi connectivity index (χ0n) is 11.8. The highest BCUT2D eigenvalue weighted by atomic mass is 35.5. The van der Waals surface area contributed by atoms with Gasteiger partial charge in [-0.05, 0) is 32.4 Å². The maximum atomic E-state index is 13.9. The first-order chi connectivity index (χ1) is 9.38. The van der Waals surface area contributed by atoms with Gasteiger partial charge in [0.1, 0.15) is 5.82 Å². The van der Waals surface area contributed by atoms with Gasteiger partial charge in [-0.15, -0.1) is 12.4 Å². The van der Waals surface area contributed by atoms with Crippen LogP contribution in [0.1, 0.15) is 31.7 Å². The highest BCUT2D eigenvalue weighted by Gasteiger charge is 2.40. The van der Waals surface area contributed by atoms with Gasteiger partial charge in [0.25, 0.3) is 0 Å². The molecule has 0 bridgehead atoms. The van der Waals surface area contributed by atoms with E-state index in [0.29, 0.717) is 6.54 Å². The molecule has 1 fully saturated rings. The maximum Gasteiger partial charge on any atom is 0.239 e. The molecule has 1 aliphatic heterocycles. The minimum atomic E-state index is -1.19. The largest absolute Gasteiger partial charge is 0.338 e. The number of rotatable bonds is 2. The van der Waals surface area contributed by atoms with E-state index in [9.17, 15) is 18.0 Å². The number of halogens is 4. The first-order valence-electron chi connectivity index (χ1n) is 6.57. The van der Waals surface area contributed by atoms with Crippen LogP contribution in [-0.4, -0.2) is 29.4 Å². The molecule has 0 saturated carbocycles. The van der Waals surface area contributed by atoms with Crippen LogP contribution >= 0.6 is 12.4 Å². The zero-order valence-corrected chi connectivity index (χ0v) is 12.6. The lowest BCUT2D eigenvalue weighted by atomic mass is 9.81. The quantitative estimate of drug-likeness (QED) is 0.851. The Morgan fingerprint density at radius 3 is 2.43 bits per heavy atom. The Morgan fingerprint density at radius 1 is 1.29 bits per heavy atom. The normalized spacial score (nSPS) is 25.7. The van der Waals surface area contributed by atoms with E-state index in [1.165, 1.54) is 4.90 Å². The van der Waals surface area contributed by atoms with Gasteiger partial charge in [-0.3, -0.25) is 4.79 Å². The number of benzene rings is 1. The molecule has 0 aromatic heterocycles. The number of likely N-dealkylation sites (tertiary alicyclic amines) is 1. The summed E-state index contributed by atoms with van der Waals surface area (Å²) in [5.41, 5.74) is 5.42. The molecule has 0 aliphatic carbocycles. The summed E-state index contributed by atoms with van der Waals surface area (Å²) in [4.78, 5) is 13.4. The third-order valence-corrected chi connectivity index (χ3v) is 3.97. The van der Waals surface area contributed by atoms with Gasteiger partial charge in [0.2, 0.25) is 5.91 Å². The molecule has 118 valence electrons. The second-order valence-electron chi connectivity index (χ2n) is 5.07. The first kappa shape index (κ1) is 17.8. The van der Waals surface area contributed by atoms with Crippen LogP contribution in [0.3, 0.4) is 0 Å². The molecule has 1 heterocycles. The number of carbonyl (C=O) groups excluding carboxylic acids is 1. The summed E-state index contributed by atoms with van der Waals surface area (Å²) in [6.07, 6.45) is 0.105. The van der Waals surface area contributed by atoms with E-state index in [0.717, 1.165) is 12.1 Å². The van der Waals surface area contributed by atoms with Gasteiger partial charge in [-0.25, -0.2) is 13.2 Å². The average Bonchev–Trinajstić information content (AvgIpc) is 2.41. The molecule has 1 aromatic carbocycles. The van der Waals surface area contributed by atoms with Gasteiger partial charge >= 0.3 is 0 Å². The minimum absolute atomic E-state index is 0. The number of hydrogen-bond donors (Lipinski definition) is 1. The molecule has 3 atom stereocenters. The second-order valence-corrected chi connectivity index (χ2v) is 5.07. The summed E-state index contributed by atoms with van der Waals surface area (Å²) in [5, 5.41) is 0. The van der Waals surface area contributed by atoms with Crippen LogP contribution in [0, 0.1) is 17.5 Å². The van der Waals surface area contributed by atoms with Gasteiger partial charge < -0.3 is 10.6 Å². The molecule has 21 heavy (non-hydrogen) atoms. The van der Waals surface area contributed by atoms with Crippen molar-refractivity contribution < 1.29 is 18.0 Å². The van der Waals surface area contributed by atoms with Crippen molar-refractivity contribution in [3.63, 3.8) is 0 Å². The lowest BCUT2D eigenvalue weighted by Crippen LogP contribution is -2.55. The zero-order chi connectivity index (χ0) is 15.0. The molecule has 7 heteroatoms. The van der Waals surface area contributed by atoms with Crippen molar-refractivity contribution in [3.8, 4) is 0 Å². The van der Waals surface area contributed by atoms with Crippen LogP contribution in [0.5, 0.6) is 0 Å². The predicted octanol–water partition coefficient (Wildman–Crippen LogP) is 2.58. The molecule has 2 N–H and O–H groups in total. The third kappa shape index (κ3) is 3.01. The van der Waals surface area contributed by atoms with Crippen LogP contribution < -0.4 is 5.73 Å². The van der Waals surface area contributed by atoms with Crippen LogP contribution in [0.15, 0.2) is 12.1 Å². The van der Waals surface area contributed by atoms with Crippen molar-refractivity contribution in [2.75, 3.05) is 6.54 Å². The summed E-state index contributed by atoms with van der Waals surface area (Å²) < 4.78 is 41.1. The minimum Gasteiger partial charge on any atom is -0.338 e. The Labute approximate surface area is 127 Å². The van der Waals surface area contributed by atoms with E-state index in [1.807, 2.05) is 0 Å². The smallest absolute Gasteiger partial charge is 0.239 e. The number of piperidine rings is 1. The van der Waals surface area contributed by atoms with E-state index in [-0.39, 0.29) is 30.3 Å². The predicted molar refractivity (Wildman–Crippen MR) is 75.7 cm³/mol. The number of nitrogens with two attached hydrogens (primary N) is 1. The molecule has 1 aliphatic rings. The van der Waals surface area contributed by atoms with Gasteiger partial charge in [-0.2, -0.15) is 0 Å². The van der Waals surface area contributed by atoms with E-state index in [2.05, 4.69) is 0 Å². The van der Waals surface area contributed by atoms with Crippen molar-refractivity contribution >= 4 is 18.3 Å². The lowest BCUT2D eigenvalue weighted by molar-refractivity contribution is -0.138. The maximum absolute atomic E-state index is 13.9. The Balaban J connectivity index is 0.00000220. The fourth-order valence-electron chi connectivity index (χ4n) is 2.89. The molecule has 2 rings (SSSR count). The molecule has 1 amide bonds. The van der Waals surface area contributed by atoms with E-state index in [1.54, 1.807) is 13.8 Å². The van der Waals surface area contributed by atoms with E-state index in [4.69, 9.17) is 5.73 Å². The number of hydrogen-bond acceptors (Lipinski definition) is 2. The SMILES string of the molecule is CCN1C(=O)[C@@H](N)C[C@@H](c2c(F)ccc(F)c2F)[C@H]1C.Cl. The third-order valence-electron chi connectivity index (χ3n) is 3.97. The number of carbonyl (C=O) groups is 1. The van der Waals surface area contributed by atoms with Crippen molar-refractivity contribution in [1.29, 1.82) is 0 Å². The van der Waals surface area contributed by atoms with Crippen LogP contribution in [-0.2, 0) is 4.79 Å². The Hall–Kier alpha value is -1.27. The monoisotopic (exact) mass is 322 g/mol. The molecule has 1 aromatic rings. The Morgan fingerprint density at radius 2 is 1.86 bits per heavy atom. The number of amides is 1. The van der Waals surface area contributed by atoms with Crippen molar-refractivity contribution in [1.82, 2.24) is 4.90 Å². The Bertz CT molecular complexity index is 541. The highest BCUT2D eigenvalue weighted by molar-refractivity contribution is 5.85. The molecule has 0 radical (unpaired) electrons. The highest BCUT2D eigenvalue weighted by Crippen LogP contribution is 2.36. The summed E-state index contributed by atoms with van der Waals surface area (Å²) >= 11 is 0. The lowest BCUT2D eigenvalue weighted by Gasteiger charge is -2.41. The average molecular weight is 323 g/mol. The van der Waals surface area contributed by atoms with E-state index >= 15 is 0 Å². The molecular weight excluding hydrogens is 305 g/mol. The van der Waals surface area contributed by atoms with Gasteiger partial charge in [-0.1, -0.05) is 0 Å². The van der Waals surface area contributed by atoms with Crippen molar-refractivity contribution in [3.05, 3.63) is 35.1 Å².